The molecule has 1 aliphatic carbocycles. The molecule has 0 unspecified atom stereocenters. The molecule has 0 atom stereocenters. The van der Waals surface area contributed by atoms with Gasteiger partial charge in [-0.2, -0.15) is 5.10 Å². The maximum Gasteiger partial charge on any atom is 0.345 e. The molecule has 0 bridgehead atoms. The summed E-state index contributed by atoms with van der Waals surface area (Å²) in [5.41, 5.74) is 0.998. The number of hydrogen-bond donors (Lipinski definition) is 0. The molecule has 4 nitrogen and oxygen atoms in total. The molecule has 1 aromatic heterocycles. The van der Waals surface area contributed by atoms with Gasteiger partial charge >= 0.3 is 5.69 Å². The van der Waals surface area contributed by atoms with Crippen molar-refractivity contribution in [1.82, 2.24) is 14.3 Å². The van der Waals surface area contributed by atoms with Crippen LogP contribution in [0.3, 0.4) is 0 Å². The van der Waals surface area contributed by atoms with E-state index in [1.54, 1.807) is 7.05 Å². The van der Waals surface area contributed by atoms with Crippen LogP contribution < -0.4 is 5.69 Å². The van der Waals surface area contributed by atoms with Gasteiger partial charge in [-0.25, -0.2) is 9.48 Å². The molecule has 5 heteroatoms. The maximum atomic E-state index is 12.5. The first-order chi connectivity index (χ1) is 11.1. The lowest BCUT2D eigenvalue weighted by molar-refractivity contribution is 0.383. The highest BCUT2D eigenvalue weighted by molar-refractivity contribution is 6.31. The van der Waals surface area contributed by atoms with Crippen molar-refractivity contribution in [1.29, 1.82) is 0 Å². The molecule has 23 heavy (non-hydrogen) atoms. The van der Waals surface area contributed by atoms with Gasteiger partial charge in [-0.3, -0.25) is 4.57 Å². The van der Waals surface area contributed by atoms with Gasteiger partial charge in [0.05, 0.1) is 0 Å². The molecule has 3 rings (SSSR count). The van der Waals surface area contributed by atoms with Crippen LogP contribution in [0.2, 0.25) is 5.02 Å². The molecule has 1 heterocycles. The molecule has 2 aromatic rings. The molecule has 0 N–H and O–H groups in total. The molecular weight excluding hydrogens is 310 g/mol. The Morgan fingerprint density at radius 2 is 1.87 bits per heavy atom. The summed E-state index contributed by atoms with van der Waals surface area (Å²) in [5, 5.41) is 5.17. The summed E-state index contributed by atoms with van der Waals surface area (Å²) >= 11 is 6.26. The van der Waals surface area contributed by atoms with Crippen molar-refractivity contribution in [3.63, 3.8) is 0 Å². The fourth-order valence-corrected chi connectivity index (χ4v) is 3.69. The SMILES string of the molecule is Cn1nc(Cc2ccccc2Cl)n(CC2CCCCCC2)c1=O. The normalized spacial score (nSPS) is 16.4. The van der Waals surface area contributed by atoms with E-state index in [9.17, 15) is 4.79 Å². The maximum absolute atomic E-state index is 12.5. The summed E-state index contributed by atoms with van der Waals surface area (Å²) in [6.45, 7) is 0.784. The average Bonchev–Trinajstić information content (AvgIpc) is 2.74. The summed E-state index contributed by atoms with van der Waals surface area (Å²) in [4.78, 5) is 12.5. The van der Waals surface area contributed by atoms with E-state index in [4.69, 9.17) is 11.6 Å². The lowest BCUT2D eigenvalue weighted by Gasteiger charge is -2.15. The smallest absolute Gasteiger partial charge is 0.278 e. The van der Waals surface area contributed by atoms with Gasteiger partial charge < -0.3 is 0 Å². The van der Waals surface area contributed by atoms with E-state index in [2.05, 4.69) is 5.10 Å². The molecule has 0 aliphatic heterocycles. The molecular formula is C18H24ClN3O. The summed E-state index contributed by atoms with van der Waals surface area (Å²) in [7, 11) is 1.72. The first kappa shape index (κ1) is 16.3. The van der Waals surface area contributed by atoms with Crippen molar-refractivity contribution in [3.05, 3.63) is 51.2 Å². The summed E-state index contributed by atoms with van der Waals surface area (Å²) in [6, 6.07) is 7.77. The van der Waals surface area contributed by atoms with E-state index in [0.717, 1.165) is 23.0 Å². The molecule has 0 amide bonds. The summed E-state index contributed by atoms with van der Waals surface area (Å²) in [5.74, 6) is 1.40. The van der Waals surface area contributed by atoms with Crippen molar-refractivity contribution in [3.8, 4) is 0 Å². The Kier molecular flexibility index (Phi) is 5.21. The van der Waals surface area contributed by atoms with Crippen LogP contribution in [0.5, 0.6) is 0 Å². The standard InChI is InChI=1S/C18H24ClN3O/c1-21-18(23)22(13-14-8-4-2-3-5-9-14)17(20-21)12-15-10-6-7-11-16(15)19/h6-7,10-11,14H,2-5,8-9,12-13H2,1H3. The second kappa shape index (κ2) is 7.35. The van der Waals surface area contributed by atoms with Crippen LogP contribution in [0.25, 0.3) is 0 Å². The minimum Gasteiger partial charge on any atom is -0.278 e. The predicted molar refractivity (Wildman–Crippen MR) is 92.9 cm³/mol. The zero-order valence-electron chi connectivity index (χ0n) is 13.7. The van der Waals surface area contributed by atoms with Crippen molar-refractivity contribution in [2.75, 3.05) is 0 Å². The fraction of sp³-hybridized carbons (Fsp3) is 0.556. The van der Waals surface area contributed by atoms with Crippen molar-refractivity contribution in [2.45, 2.75) is 51.5 Å². The Bertz CT molecular complexity index is 711. The van der Waals surface area contributed by atoms with Crippen LogP contribution in [-0.2, 0) is 20.0 Å². The van der Waals surface area contributed by atoms with Gasteiger partial charge in [-0.1, -0.05) is 55.5 Å². The third-order valence-electron chi connectivity index (χ3n) is 4.81. The highest BCUT2D eigenvalue weighted by Gasteiger charge is 2.18. The Morgan fingerprint density at radius 1 is 1.17 bits per heavy atom. The number of rotatable bonds is 4. The molecule has 0 saturated heterocycles. The van der Waals surface area contributed by atoms with Crippen LogP contribution in [0.1, 0.15) is 49.9 Å². The number of aryl methyl sites for hydroxylation is 1. The monoisotopic (exact) mass is 333 g/mol. The van der Waals surface area contributed by atoms with Crippen molar-refractivity contribution < 1.29 is 0 Å². The second-order valence-electron chi connectivity index (χ2n) is 6.56. The van der Waals surface area contributed by atoms with Crippen molar-refractivity contribution >= 4 is 11.6 Å². The zero-order chi connectivity index (χ0) is 16.2. The van der Waals surface area contributed by atoms with E-state index in [0.29, 0.717) is 12.3 Å². The third-order valence-corrected chi connectivity index (χ3v) is 5.18. The first-order valence-corrected chi connectivity index (χ1v) is 8.89. The third kappa shape index (κ3) is 3.86. The van der Waals surface area contributed by atoms with Crippen LogP contribution in [0.15, 0.2) is 29.1 Å². The van der Waals surface area contributed by atoms with Crippen LogP contribution in [0, 0.1) is 5.92 Å². The zero-order valence-corrected chi connectivity index (χ0v) is 14.4. The van der Waals surface area contributed by atoms with Gasteiger partial charge in [0.25, 0.3) is 0 Å². The number of aromatic nitrogens is 3. The van der Waals surface area contributed by atoms with Gasteiger partial charge in [-0.15, -0.1) is 0 Å². The van der Waals surface area contributed by atoms with Crippen LogP contribution >= 0.6 is 11.6 Å². The van der Waals surface area contributed by atoms with Crippen LogP contribution in [-0.4, -0.2) is 14.3 Å². The molecule has 1 aromatic carbocycles. The highest BCUT2D eigenvalue weighted by atomic mass is 35.5. The van der Waals surface area contributed by atoms with Crippen molar-refractivity contribution in [2.24, 2.45) is 13.0 Å². The largest absolute Gasteiger partial charge is 0.345 e. The number of halogens is 1. The van der Waals surface area contributed by atoms with Gasteiger partial charge in [0.2, 0.25) is 0 Å². The lowest BCUT2D eigenvalue weighted by Crippen LogP contribution is -2.26. The minimum absolute atomic E-state index is 0.0173. The molecule has 1 aliphatic rings. The predicted octanol–water partition coefficient (Wildman–Crippen LogP) is 3.80. The quantitative estimate of drug-likeness (QED) is 0.798. The Hall–Kier alpha value is -1.55. The molecule has 0 spiro atoms. The Balaban J connectivity index is 1.84. The van der Waals surface area contributed by atoms with Crippen LogP contribution in [0.4, 0.5) is 0 Å². The van der Waals surface area contributed by atoms with Gasteiger partial charge in [0, 0.05) is 25.0 Å². The summed E-state index contributed by atoms with van der Waals surface area (Å²) in [6.07, 6.45) is 8.23. The van der Waals surface area contributed by atoms with Gasteiger partial charge in [0.15, 0.2) is 0 Å². The van der Waals surface area contributed by atoms with E-state index >= 15 is 0 Å². The van der Waals surface area contributed by atoms with Gasteiger partial charge in [-0.05, 0) is 30.4 Å². The minimum atomic E-state index is -0.0173. The molecule has 0 radical (unpaired) electrons. The van der Waals surface area contributed by atoms with E-state index in [-0.39, 0.29) is 5.69 Å². The van der Waals surface area contributed by atoms with E-state index < -0.39 is 0 Å². The lowest BCUT2D eigenvalue weighted by atomic mass is 10.0. The fourth-order valence-electron chi connectivity index (χ4n) is 3.49. The first-order valence-electron chi connectivity index (χ1n) is 8.51. The Labute approximate surface area is 142 Å². The Morgan fingerprint density at radius 3 is 2.57 bits per heavy atom. The summed E-state index contributed by atoms with van der Waals surface area (Å²) < 4.78 is 3.31. The molecule has 124 valence electrons. The highest BCUT2D eigenvalue weighted by Crippen LogP contribution is 2.25. The van der Waals surface area contributed by atoms with E-state index in [1.165, 1.54) is 43.2 Å². The number of nitrogens with zero attached hydrogens (tertiary/aromatic N) is 3. The molecule has 1 fully saturated rings. The second-order valence-corrected chi connectivity index (χ2v) is 6.97. The molecule has 1 saturated carbocycles. The van der Waals surface area contributed by atoms with E-state index in [1.807, 2.05) is 28.8 Å². The number of benzene rings is 1. The average molecular weight is 334 g/mol. The van der Waals surface area contributed by atoms with Gasteiger partial charge in [0.1, 0.15) is 5.82 Å². The number of hydrogen-bond acceptors (Lipinski definition) is 2. The topological polar surface area (TPSA) is 39.8 Å².